The van der Waals surface area contributed by atoms with Crippen molar-refractivity contribution in [1.29, 1.82) is 0 Å². The first-order valence-corrected chi connectivity index (χ1v) is 20.0. The molecule has 0 aromatic carbocycles. The second-order valence-corrected chi connectivity index (χ2v) is 17.8. The van der Waals surface area contributed by atoms with Crippen LogP contribution in [0.3, 0.4) is 0 Å². The molecule has 242 valence electrons. The van der Waals surface area contributed by atoms with Gasteiger partial charge in [-0.2, -0.15) is 0 Å². The van der Waals surface area contributed by atoms with Crippen molar-refractivity contribution >= 4 is 44.4 Å². The van der Waals surface area contributed by atoms with E-state index in [1.165, 1.54) is 148 Å². The zero-order valence-electron chi connectivity index (χ0n) is 28.1. The molecule has 8 fully saturated rings. The third kappa shape index (κ3) is 4.19. The summed E-state index contributed by atoms with van der Waals surface area (Å²) in [7, 11) is 0. The van der Waals surface area contributed by atoms with E-state index in [0.717, 1.165) is 11.8 Å². The summed E-state index contributed by atoms with van der Waals surface area (Å²) in [5.41, 5.74) is 23.7. The minimum atomic E-state index is 0.688. The third-order valence-corrected chi connectivity index (χ3v) is 13.5. The van der Waals surface area contributed by atoms with E-state index in [4.69, 9.17) is 9.97 Å². The lowest BCUT2D eigenvalue weighted by atomic mass is 9.94. The summed E-state index contributed by atoms with van der Waals surface area (Å²) in [6.45, 7) is 0. The van der Waals surface area contributed by atoms with E-state index in [9.17, 15) is 0 Å². The second kappa shape index (κ2) is 9.23. The number of H-pyrrole nitrogens is 2. The summed E-state index contributed by atoms with van der Waals surface area (Å²) in [6.07, 6.45) is 21.3. The maximum Gasteiger partial charge on any atom is 0.0697 e. The molecular weight excluding hydrogens is 585 g/mol. The molecular formula is C44H46N4. The van der Waals surface area contributed by atoms with Crippen LogP contribution in [0.25, 0.3) is 44.4 Å². The predicted octanol–water partition coefficient (Wildman–Crippen LogP) is 11.3. The smallest absolute Gasteiger partial charge is 0.0697 e. The van der Waals surface area contributed by atoms with Gasteiger partial charge in [0.2, 0.25) is 0 Å². The highest BCUT2D eigenvalue weighted by molar-refractivity contribution is 5.99. The van der Waals surface area contributed by atoms with E-state index in [-0.39, 0.29) is 0 Å². The summed E-state index contributed by atoms with van der Waals surface area (Å²) in [4.78, 5) is 19.6. The van der Waals surface area contributed by atoms with E-state index < -0.39 is 0 Å². The summed E-state index contributed by atoms with van der Waals surface area (Å²) in [5.74, 6) is 5.63. The standard InChI is InChI=1S/C44H46N4/c1-2-21(1)37-29-17-31-39(23-5-6-23)41(25-9-10-25)33(46-31)19-35-43(27-13-14-27)44(28-15-16-28)36(48-35)20-34-42(26-11-12-26)40(24-7-8-24)32(47-34)18-30(45-29)38(37)22-3-4-22/h17-28,45-46H,1-16H2. The van der Waals surface area contributed by atoms with Gasteiger partial charge in [0.15, 0.2) is 0 Å². The molecule has 0 radical (unpaired) electrons. The lowest BCUT2D eigenvalue weighted by Gasteiger charge is -2.07. The fraction of sp³-hybridized carbons (Fsp3) is 0.545. The number of fused-ring (bicyclic) bond motifs is 8. The van der Waals surface area contributed by atoms with E-state index >= 15 is 0 Å². The van der Waals surface area contributed by atoms with Gasteiger partial charge in [-0.1, -0.05) is 0 Å². The van der Waals surface area contributed by atoms with E-state index in [0.29, 0.717) is 35.5 Å². The molecule has 2 aliphatic heterocycles. The Bertz CT molecular complexity index is 2040. The van der Waals surface area contributed by atoms with Crippen molar-refractivity contribution in [3.8, 4) is 0 Å². The molecule has 0 amide bonds. The summed E-state index contributed by atoms with van der Waals surface area (Å²) < 4.78 is 0. The van der Waals surface area contributed by atoms with Crippen molar-refractivity contribution < 1.29 is 0 Å². The minimum Gasteiger partial charge on any atom is -0.355 e. The number of aromatic amines is 2. The number of allylic oxidation sites excluding steroid dienone is 4. The number of nitrogens with one attached hydrogen (secondary N) is 2. The fourth-order valence-electron chi connectivity index (χ4n) is 10.1. The van der Waals surface area contributed by atoms with Crippen molar-refractivity contribution in [2.45, 2.75) is 126 Å². The van der Waals surface area contributed by atoms with Crippen LogP contribution in [0.5, 0.6) is 0 Å². The molecule has 0 saturated heterocycles. The van der Waals surface area contributed by atoms with Crippen LogP contribution in [0.4, 0.5) is 0 Å². The number of hydrogen-bond donors (Lipinski definition) is 2. The molecule has 0 atom stereocenters. The second-order valence-electron chi connectivity index (χ2n) is 17.8. The predicted molar refractivity (Wildman–Crippen MR) is 193 cm³/mol. The van der Waals surface area contributed by atoms with Gasteiger partial charge in [-0.3, -0.25) is 0 Å². The van der Waals surface area contributed by atoms with Gasteiger partial charge in [0.1, 0.15) is 0 Å². The van der Waals surface area contributed by atoms with Crippen molar-refractivity contribution in [1.82, 2.24) is 19.9 Å². The van der Waals surface area contributed by atoms with Gasteiger partial charge in [0, 0.05) is 22.1 Å². The van der Waals surface area contributed by atoms with Crippen molar-refractivity contribution in [2.24, 2.45) is 23.7 Å². The maximum atomic E-state index is 5.66. The van der Waals surface area contributed by atoms with Crippen LogP contribution >= 0.6 is 0 Å². The fourth-order valence-corrected chi connectivity index (χ4v) is 10.1. The van der Waals surface area contributed by atoms with Gasteiger partial charge in [0.05, 0.1) is 22.8 Å². The normalized spacial score (nSPS) is 25.8. The summed E-state index contributed by atoms with van der Waals surface area (Å²) in [5, 5.41) is 0. The minimum absolute atomic E-state index is 0.688. The molecule has 8 saturated carbocycles. The highest BCUT2D eigenvalue weighted by atomic mass is 14.8. The highest BCUT2D eigenvalue weighted by Crippen LogP contribution is 2.59. The lowest BCUT2D eigenvalue weighted by molar-refractivity contribution is 1.05. The van der Waals surface area contributed by atoms with Gasteiger partial charge in [-0.25, -0.2) is 9.97 Å². The van der Waals surface area contributed by atoms with Crippen molar-refractivity contribution in [3.63, 3.8) is 0 Å². The molecule has 8 bridgehead atoms. The molecule has 13 rings (SSSR count). The lowest BCUT2D eigenvalue weighted by Crippen LogP contribution is -1.92. The number of nitrogens with zero attached hydrogens (tertiary/aromatic N) is 2. The van der Waals surface area contributed by atoms with Gasteiger partial charge in [-0.15, -0.1) is 0 Å². The van der Waals surface area contributed by atoms with Crippen LogP contribution in [-0.2, 0) is 0 Å². The van der Waals surface area contributed by atoms with Crippen molar-refractivity contribution in [3.05, 3.63) is 69.3 Å². The van der Waals surface area contributed by atoms with Gasteiger partial charge in [-0.05, 0) is 219 Å². The van der Waals surface area contributed by atoms with Crippen LogP contribution in [0, 0.1) is 23.7 Å². The molecule has 48 heavy (non-hydrogen) atoms. The Morgan fingerprint density at radius 3 is 0.833 bits per heavy atom. The third-order valence-electron chi connectivity index (χ3n) is 13.5. The molecule has 3 aromatic heterocycles. The molecule has 5 heterocycles. The largest absolute Gasteiger partial charge is 0.355 e. The van der Waals surface area contributed by atoms with Crippen LogP contribution in [0.1, 0.15) is 171 Å². The molecule has 2 N–H and O–H groups in total. The Labute approximate surface area is 283 Å². The Morgan fingerprint density at radius 2 is 0.562 bits per heavy atom. The van der Waals surface area contributed by atoms with Gasteiger partial charge in [0.25, 0.3) is 0 Å². The molecule has 10 aliphatic rings. The number of hydrogen-bond acceptors (Lipinski definition) is 2. The first kappa shape index (κ1) is 26.5. The van der Waals surface area contributed by atoms with E-state index in [1.807, 2.05) is 0 Å². The van der Waals surface area contributed by atoms with E-state index in [1.54, 1.807) is 44.5 Å². The van der Waals surface area contributed by atoms with Crippen LogP contribution in [0.15, 0.2) is 24.3 Å². The molecule has 0 unspecified atom stereocenters. The Morgan fingerprint density at radius 1 is 0.312 bits per heavy atom. The number of aromatic nitrogens is 4. The molecule has 0 spiro atoms. The summed E-state index contributed by atoms with van der Waals surface area (Å²) in [6, 6.07) is 10.1. The van der Waals surface area contributed by atoms with Crippen LogP contribution < -0.4 is 0 Å². The first-order valence-electron chi connectivity index (χ1n) is 20.0. The van der Waals surface area contributed by atoms with Crippen molar-refractivity contribution in [2.75, 3.05) is 0 Å². The zero-order valence-corrected chi connectivity index (χ0v) is 28.1. The molecule has 3 aromatic rings. The summed E-state index contributed by atoms with van der Waals surface area (Å²) >= 11 is 0. The molecule has 8 aliphatic carbocycles. The van der Waals surface area contributed by atoms with Crippen LogP contribution in [0.2, 0.25) is 0 Å². The Balaban J connectivity index is 1.18. The van der Waals surface area contributed by atoms with Gasteiger partial charge >= 0.3 is 0 Å². The quantitative estimate of drug-likeness (QED) is 0.260. The SMILES string of the molecule is c1c2nc(cc3[nH]c(cc4[nH]c(cc5nc1C(C1CC1)=C5C1CC1)c(C1CC1)c4C1CC1)c(C1CC1)c3C1CC1)C(C1CC1)=C2C1CC1. The Kier molecular flexibility index (Phi) is 5.09. The maximum absolute atomic E-state index is 5.66. The molecule has 4 nitrogen and oxygen atoms in total. The van der Waals surface area contributed by atoms with Crippen LogP contribution in [-0.4, -0.2) is 19.9 Å². The monoisotopic (exact) mass is 630 g/mol. The average Bonchev–Trinajstić information content (AvgIpc) is 3.89. The zero-order chi connectivity index (χ0) is 30.8. The van der Waals surface area contributed by atoms with E-state index in [2.05, 4.69) is 34.2 Å². The average molecular weight is 631 g/mol. The topological polar surface area (TPSA) is 57.4 Å². The Hall–Kier alpha value is -3.40. The van der Waals surface area contributed by atoms with Gasteiger partial charge < -0.3 is 9.97 Å². The highest BCUT2D eigenvalue weighted by Gasteiger charge is 2.44. The first-order chi connectivity index (χ1) is 23.7. The molecule has 4 heteroatoms. The number of rotatable bonds is 8.